The molecular weight excluding hydrogens is 268 g/mol. The first-order chi connectivity index (χ1) is 9.54. The predicted octanol–water partition coefficient (Wildman–Crippen LogP) is 1.71. The Hall–Kier alpha value is -2.18. The topological polar surface area (TPSA) is 78.9 Å². The lowest BCUT2D eigenvalue weighted by Crippen LogP contribution is -2.50. The Kier molecular flexibility index (Phi) is 4.16. The number of nitrogens with zero attached hydrogens (tertiary/aromatic N) is 2. The van der Waals surface area contributed by atoms with Crippen molar-refractivity contribution >= 4 is 11.7 Å². The van der Waals surface area contributed by atoms with Gasteiger partial charge in [-0.05, 0) is 31.4 Å². The van der Waals surface area contributed by atoms with Crippen molar-refractivity contribution in [1.82, 2.24) is 4.90 Å². The van der Waals surface area contributed by atoms with Crippen LogP contribution in [0.2, 0.25) is 0 Å². The van der Waals surface area contributed by atoms with Gasteiger partial charge in [-0.1, -0.05) is 5.16 Å². The third-order valence-corrected chi connectivity index (χ3v) is 3.38. The van der Waals surface area contributed by atoms with E-state index >= 15 is 0 Å². The van der Waals surface area contributed by atoms with Gasteiger partial charge in [0.2, 0.25) is 0 Å². The number of halogens is 2. The van der Waals surface area contributed by atoms with Crippen LogP contribution in [0.5, 0.6) is 0 Å². The van der Waals surface area contributed by atoms with Gasteiger partial charge in [-0.2, -0.15) is 0 Å². The van der Waals surface area contributed by atoms with Gasteiger partial charge >= 0.3 is 0 Å². The number of amides is 1. The second-order valence-electron chi connectivity index (χ2n) is 4.66. The normalized spacial score (nSPS) is 20.0. The fourth-order valence-electron chi connectivity index (χ4n) is 2.37. The number of likely N-dealkylation sites (tertiary alicyclic amines) is 1. The van der Waals surface area contributed by atoms with Crippen molar-refractivity contribution in [3.05, 3.63) is 35.4 Å². The molecule has 0 aliphatic carbocycles. The maximum absolute atomic E-state index is 13.7. The van der Waals surface area contributed by atoms with Crippen LogP contribution < -0.4 is 5.73 Å². The zero-order valence-electron chi connectivity index (χ0n) is 10.7. The molecule has 5 nitrogen and oxygen atoms in total. The molecule has 1 aromatic carbocycles. The molecule has 1 saturated heterocycles. The number of oxime groups is 1. The van der Waals surface area contributed by atoms with E-state index in [0.717, 1.165) is 25.0 Å². The van der Waals surface area contributed by atoms with Crippen LogP contribution in [0.25, 0.3) is 0 Å². The van der Waals surface area contributed by atoms with Crippen LogP contribution in [0.3, 0.4) is 0 Å². The largest absolute Gasteiger partial charge is 0.409 e. The lowest BCUT2D eigenvalue weighted by atomic mass is 10.00. The van der Waals surface area contributed by atoms with Gasteiger partial charge in [0.15, 0.2) is 5.84 Å². The zero-order chi connectivity index (χ0) is 14.7. The molecule has 1 amide bonds. The number of piperidine rings is 1. The number of carbonyl (C=O) groups is 1. The van der Waals surface area contributed by atoms with E-state index in [1.807, 2.05) is 0 Å². The second kappa shape index (κ2) is 5.85. The van der Waals surface area contributed by atoms with Crippen molar-refractivity contribution in [3.8, 4) is 0 Å². The van der Waals surface area contributed by atoms with Crippen molar-refractivity contribution in [2.45, 2.75) is 25.3 Å². The van der Waals surface area contributed by atoms with Gasteiger partial charge in [-0.3, -0.25) is 4.79 Å². The fraction of sp³-hybridized carbons (Fsp3) is 0.385. The average molecular weight is 283 g/mol. The van der Waals surface area contributed by atoms with Crippen LogP contribution in [0, 0.1) is 11.6 Å². The summed E-state index contributed by atoms with van der Waals surface area (Å²) in [4.78, 5) is 13.7. The SMILES string of the molecule is NC(=NO)C1CCCCN1C(=O)c1ccc(F)cc1F. The third kappa shape index (κ3) is 2.71. The van der Waals surface area contributed by atoms with E-state index in [-0.39, 0.29) is 11.4 Å². The minimum Gasteiger partial charge on any atom is -0.409 e. The highest BCUT2D eigenvalue weighted by molar-refractivity contribution is 5.98. The highest BCUT2D eigenvalue weighted by Crippen LogP contribution is 2.21. The quantitative estimate of drug-likeness (QED) is 0.375. The molecular formula is C13H15F2N3O2. The number of nitrogens with two attached hydrogens (primary N) is 1. The van der Waals surface area contributed by atoms with Crippen molar-refractivity contribution in [3.63, 3.8) is 0 Å². The minimum atomic E-state index is -0.918. The predicted molar refractivity (Wildman–Crippen MR) is 68.4 cm³/mol. The first-order valence-corrected chi connectivity index (χ1v) is 6.28. The summed E-state index contributed by atoms with van der Waals surface area (Å²) in [6.07, 6.45) is 2.13. The number of hydrogen-bond donors (Lipinski definition) is 2. The van der Waals surface area contributed by atoms with Gasteiger partial charge < -0.3 is 15.8 Å². The van der Waals surface area contributed by atoms with Crippen molar-refractivity contribution in [2.24, 2.45) is 10.9 Å². The molecule has 1 fully saturated rings. The summed E-state index contributed by atoms with van der Waals surface area (Å²) >= 11 is 0. The summed E-state index contributed by atoms with van der Waals surface area (Å²) in [6, 6.07) is 2.23. The van der Waals surface area contributed by atoms with Gasteiger partial charge in [0.25, 0.3) is 5.91 Å². The van der Waals surface area contributed by atoms with Crippen molar-refractivity contribution < 1.29 is 18.8 Å². The Balaban J connectivity index is 2.30. The maximum atomic E-state index is 13.7. The highest BCUT2D eigenvalue weighted by atomic mass is 19.1. The van der Waals surface area contributed by atoms with Gasteiger partial charge in [0, 0.05) is 12.6 Å². The van der Waals surface area contributed by atoms with E-state index in [0.29, 0.717) is 19.0 Å². The molecule has 1 heterocycles. The molecule has 7 heteroatoms. The Bertz CT molecular complexity index is 548. The van der Waals surface area contributed by atoms with Crippen LogP contribution in [0.1, 0.15) is 29.6 Å². The molecule has 20 heavy (non-hydrogen) atoms. The summed E-state index contributed by atoms with van der Waals surface area (Å²) in [7, 11) is 0. The second-order valence-corrected chi connectivity index (χ2v) is 4.66. The first kappa shape index (κ1) is 14.2. The van der Waals surface area contributed by atoms with Crippen molar-refractivity contribution in [1.29, 1.82) is 0 Å². The Labute approximate surface area is 114 Å². The van der Waals surface area contributed by atoms with Crippen LogP contribution in [0.15, 0.2) is 23.4 Å². The molecule has 0 saturated carbocycles. The Morgan fingerprint density at radius 3 is 2.80 bits per heavy atom. The molecule has 0 spiro atoms. The van der Waals surface area contributed by atoms with Crippen LogP contribution in [-0.2, 0) is 0 Å². The number of rotatable bonds is 2. The molecule has 108 valence electrons. The lowest BCUT2D eigenvalue weighted by molar-refractivity contribution is 0.0672. The summed E-state index contributed by atoms with van der Waals surface area (Å²) in [5.74, 6) is -2.33. The summed E-state index contributed by atoms with van der Waals surface area (Å²) < 4.78 is 26.5. The fourth-order valence-corrected chi connectivity index (χ4v) is 2.37. The standard InChI is InChI=1S/C13H15F2N3O2/c14-8-4-5-9(10(15)7-8)13(19)18-6-2-1-3-11(18)12(16)17-20/h4-5,7,11,20H,1-3,6H2,(H2,16,17). The van der Waals surface area contributed by atoms with Gasteiger partial charge in [0.05, 0.1) is 11.6 Å². The average Bonchev–Trinajstić information content (AvgIpc) is 2.46. The molecule has 0 aromatic heterocycles. The molecule has 0 radical (unpaired) electrons. The van der Waals surface area contributed by atoms with E-state index in [9.17, 15) is 13.6 Å². The zero-order valence-corrected chi connectivity index (χ0v) is 10.7. The van der Waals surface area contributed by atoms with Crippen molar-refractivity contribution in [2.75, 3.05) is 6.54 Å². The monoisotopic (exact) mass is 283 g/mol. The molecule has 1 aliphatic rings. The van der Waals surface area contributed by atoms with E-state index in [2.05, 4.69) is 5.16 Å². The maximum Gasteiger partial charge on any atom is 0.257 e. The molecule has 1 aromatic rings. The smallest absolute Gasteiger partial charge is 0.257 e. The number of benzene rings is 1. The number of hydrogen-bond acceptors (Lipinski definition) is 3. The Morgan fingerprint density at radius 1 is 1.40 bits per heavy atom. The molecule has 3 N–H and O–H groups in total. The third-order valence-electron chi connectivity index (χ3n) is 3.38. The number of carbonyl (C=O) groups excluding carboxylic acids is 1. The van der Waals surface area contributed by atoms with Gasteiger partial charge in [0.1, 0.15) is 11.6 Å². The van der Waals surface area contributed by atoms with E-state index in [1.165, 1.54) is 4.90 Å². The molecule has 1 unspecified atom stereocenters. The van der Waals surface area contributed by atoms with Crippen LogP contribution >= 0.6 is 0 Å². The molecule has 1 aliphatic heterocycles. The van der Waals surface area contributed by atoms with Gasteiger partial charge in [-0.15, -0.1) is 0 Å². The summed E-state index contributed by atoms with van der Waals surface area (Å²) in [5, 5.41) is 11.7. The number of amidine groups is 1. The highest BCUT2D eigenvalue weighted by Gasteiger charge is 2.31. The van der Waals surface area contributed by atoms with E-state index < -0.39 is 23.6 Å². The first-order valence-electron chi connectivity index (χ1n) is 6.28. The molecule has 0 bridgehead atoms. The van der Waals surface area contributed by atoms with E-state index in [1.54, 1.807) is 0 Å². The van der Waals surface area contributed by atoms with Crippen LogP contribution in [-0.4, -0.2) is 34.4 Å². The van der Waals surface area contributed by atoms with E-state index in [4.69, 9.17) is 10.9 Å². The summed E-state index contributed by atoms with van der Waals surface area (Å²) in [6.45, 7) is 0.385. The molecule has 1 atom stereocenters. The lowest BCUT2D eigenvalue weighted by Gasteiger charge is -2.34. The van der Waals surface area contributed by atoms with Gasteiger partial charge in [-0.25, -0.2) is 8.78 Å². The summed E-state index contributed by atoms with van der Waals surface area (Å²) in [5.41, 5.74) is 5.35. The minimum absolute atomic E-state index is 0.0828. The molecule has 2 rings (SSSR count). The van der Waals surface area contributed by atoms with Crippen LogP contribution in [0.4, 0.5) is 8.78 Å². The Morgan fingerprint density at radius 2 is 2.15 bits per heavy atom.